The maximum absolute atomic E-state index is 12.1. The van der Waals surface area contributed by atoms with Gasteiger partial charge in [0, 0.05) is 18.7 Å². The van der Waals surface area contributed by atoms with Crippen LogP contribution in [0.25, 0.3) is 0 Å². The van der Waals surface area contributed by atoms with E-state index in [1.165, 1.54) is 7.11 Å². The van der Waals surface area contributed by atoms with Gasteiger partial charge < -0.3 is 20.2 Å². The highest BCUT2D eigenvalue weighted by Crippen LogP contribution is 2.23. The Bertz CT molecular complexity index is 550. The van der Waals surface area contributed by atoms with E-state index in [0.29, 0.717) is 30.0 Å². The van der Waals surface area contributed by atoms with E-state index in [0.717, 1.165) is 5.76 Å². The molecule has 0 unspecified atom stereocenters. The van der Waals surface area contributed by atoms with Crippen LogP contribution in [0.4, 0.5) is 5.69 Å². The second-order valence-electron chi connectivity index (χ2n) is 4.01. The Kier molecular flexibility index (Phi) is 4.07. The van der Waals surface area contributed by atoms with E-state index in [2.05, 4.69) is 5.32 Å². The average molecular weight is 260 g/mol. The summed E-state index contributed by atoms with van der Waals surface area (Å²) in [7, 11) is 1.51. The maximum Gasteiger partial charge on any atom is 0.257 e. The summed E-state index contributed by atoms with van der Waals surface area (Å²) in [6.07, 6.45) is 2.24. The van der Waals surface area contributed by atoms with Crippen LogP contribution in [-0.4, -0.2) is 19.6 Å². The van der Waals surface area contributed by atoms with Crippen LogP contribution >= 0.6 is 0 Å². The molecule has 19 heavy (non-hydrogen) atoms. The van der Waals surface area contributed by atoms with Crippen molar-refractivity contribution in [2.75, 3.05) is 19.4 Å². The van der Waals surface area contributed by atoms with E-state index in [9.17, 15) is 4.79 Å². The number of ether oxygens (including phenoxy) is 1. The molecule has 3 N–H and O–H groups in total. The third-order valence-corrected chi connectivity index (χ3v) is 2.74. The number of amides is 1. The molecule has 0 saturated carbocycles. The Morgan fingerprint density at radius 1 is 1.37 bits per heavy atom. The zero-order valence-electron chi connectivity index (χ0n) is 10.7. The molecule has 1 aromatic carbocycles. The van der Waals surface area contributed by atoms with Crippen LogP contribution in [0.15, 0.2) is 41.0 Å². The highest BCUT2D eigenvalue weighted by atomic mass is 16.5. The van der Waals surface area contributed by atoms with Gasteiger partial charge in [0.2, 0.25) is 0 Å². The van der Waals surface area contributed by atoms with Gasteiger partial charge in [0.25, 0.3) is 5.91 Å². The Labute approximate surface area is 111 Å². The van der Waals surface area contributed by atoms with Gasteiger partial charge in [-0.3, -0.25) is 4.79 Å². The van der Waals surface area contributed by atoms with Crippen molar-refractivity contribution in [1.82, 2.24) is 5.32 Å². The summed E-state index contributed by atoms with van der Waals surface area (Å²) in [6.45, 7) is 0.476. The number of anilines is 1. The molecule has 2 rings (SSSR count). The minimum absolute atomic E-state index is 0.249. The monoisotopic (exact) mass is 260 g/mol. The first-order valence-corrected chi connectivity index (χ1v) is 5.95. The highest BCUT2D eigenvalue weighted by molar-refractivity contribution is 6.01. The van der Waals surface area contributed by atoms with Crippen LogP contribution in [0.3, 0.4) is 0 Å². The second-order valence-corrected chi connectivity index (χ2v) is 4.01. The number of methoxy groups -OCH3 is 1. The van der Waals surface area contributed by atoms with Crippen LogP contribution in [0, 0.1) is 0 Å². The molecule has 0 fully saturated rings. The summed E-state index contributed by atoms with van der Waals surface area (Å²) >= 11 is 0. The minimum atomic E-state index is -0.249. The third-order valence-electron chi connectivity index (χ3n) is 2.74. The van der Waals surface area contributed by atoms with Crippen LogP contribution in [0.5, 0.6) is 5.75 Å². The standard InChI is InChI=1S/C14H16N2O3/c1-18-12-6-2-5-11(15)13(12)14(17)16-8-7-10-4-3-9-19-10/h2-6,9H,7-8,15H2,1H3,(H,16,17). The van der Waals surface area contributed by atoms with Crippen molar-refractivity contribution in [3.8, 4) is 5.75 Å². The molecule has 0 aliphatic carbocycles. The number of nitrogens with two attached hydrogens (primary N) is 1. The summed E-state index contributed by atoms with van der Waals surface area (Å²) in [6, 6.07) is 8.80. The molecule has 0 atom stereocenters. The van der Waals surface area contributed by atoms with Gasteiger partial charge >= 0.3 is 0 Å². The van der Waals surface area contributed by atoms with E-state index < -0.39 is 0 Å². The lowest BCUT2D eigenvalue weighted by molar-refractivity contribution is 0.0951. The summed E-state index contributed by atoms with van der Waals surface area (Å²) in [5.74, 6) is 1.05. The van der Waals surface area contributed by atoms with Crippen molar-refractivity contribution in [3.63, 3.8) is 0 Å². The summed E-state index contributed by atoms with van der Waals surface area (Å²) in [4.78, 5) is 12.1. The summed E-state index contributed by atoms with van der Waals surface area (Å²) in [5, 5.41) is 2.79. The molecule has 100 valence electrons. The second kappa shape index (κ2) is 5.95. The Balaban J connectivity index is 2.00. The zero-order chi connectivity index (χ0) is 13.7. The lowest BCUT2D eigenvalue weighted by Crippen LogP contribution is -2.26. The first-order chi connectivity index (χ1) is 9.22. The largest absolute Gasteiger partial charge is 0.496 e. The normalized spacial score (nSPS) is 10.2. The van der Waals surface area contributed by atoms with Gasteiger partial charge in [0.1, 0.15) is 17.1 Å². The van der Waals surface area contributed by atoms with Gasteiger partial charge in [0.15, 0.2) is 0 Å². The van der Waals surface area contributed by atoms with Crippen LogP contribution in [-0.2, 0) is 6.42 Å². The lowest BCUT2D eigenvalue weighted by Gasteiger charge is -2.11. The van der Waals surface area contributed by atoms with E-state index in [4.69, 9.17) is 14.9 Å². The number of rotatable bonds is 5. The van der Waals surface area contributed by atoms with Gasteiger partial charge in [-0.1, -0.05) is 6.07 Å². The molecule has 1 amide bonds. The molecule has 0 bridgehead atoms. The van der Waals surface area contributed by atoms with E-state index in [1.54, 1.807) is 24.5 Å². The van der Waals surface area contributed by atoms with Crippen molar-refractivity contribution in [3.05, 3.63) is 47.9 Å². The molecule has 2 aromatic rings. The van der Waals surface area contributed by atoms with Gasteiger partial charge in [-0.15, -0.1) is 0 Å². The number of hydrogen-bond acceptors (Lipinski definition) is 4. The lowest BCUT2D eigenvalue weighted by atomic mass is 10.1. The first-order valence-electron chi connectivity index (χ1n) is 5.95. The predicted molar refractivity (Wildman–Crippen MR) is 72.2 cm³/mol. The molecule has 5 heteroatoms. The fourth-order valence-corrected chi connectivity index (χ4v) is 1.80. The van der Waals surface area contributed by atoms with Crippen molar-refractivity contribution in [2.24, 2.45) is 0 Å². The van der Waals surface area contributed by atoms with E-state index >= 15 is 0 Å². The van der Waals surface area contributed by atoms with Gasteiger partial charge in [0.05, 0.1) is 13.4 Å². The van der Waals surface area contributed by atoms with Crippen molar-refractivity contribution >= 4 is 11.6 Å². The average Bonchev–Trinajstić information content (AvgIpc) is 2.91. The minimum Gasteiger partial charge on any atom is -0.496 e. The molecule has 1 heterocycles. The smallest absolute Gasteiger partial charge is 0.257 e. The molecule has 0 aliphatic rings. The fourth-order valence-electron chi connectivity index (χ4n) is 1.80. The molecular formula is C14H16N2O3. The molecule has 5 nitrogen and oxygen atoms in total. The molecule has 1 aromatic heterocycles. The number of carbonyl (C=O) groups excluding carboxylic acids is 1. The van der Waals surface area contributed by atoms with Crippen molar-refractivity contribution in [1.29, 1.82) is 0 Å². The van der Waals surface area contributed by atoms with Gasteiger partial charge in [-0.05, 0) is 24.3 Å². The molecule has 0 radical (unpaired) electrons. The quantitative estimate of drug-likeness (QED) is 0.804. The SMILES string of the molecule is COc1cccc(N)c1C(=O)NCCc1ccco1. The Morgan fingerprint density at radius 3 is 2.89 bits per heavy atom. The van der Waals surface area contributed by atoms with Crippen LogP contribution < -0.4 is 15.8 Å². The van der Waals surface area contributed by atoms with Crippen LogP contribution in [0.2, 0.25) is 0 Å². The maximum atomic E-state index is 12.1. The number of nitrogens with one attached hydrogen (secondary N) is 1. The molecular weight excluding hydrogens is 244 g/mol. The van der Waals surface area contributed by atoms with Crippen molar-refractivity contribution in [2.45, 2.75) is 6.42 Å². The Morgan fingerprint density at radius 2 is 2.21 bits per heavy atom. The van der Waals surface area contributed by atoms with E-state index in [1.807, 2.05) is 12.1 Å². The predicted octanol–water partition coefficient (Wildman–Crippen LogP) is 1.84. The number of benzene rings is 1. The van der Waals surface area contributed by atoms with Gasteiger partial charge in [-0.2, -0.15) is 0 Å². The summed E-state index contributed by atoms with van der Waals surface area (Å²) in [5.41, 5.74) is 6.57. The molecule has 0 saturated heterocycles. The number of nitrogen functional groups attached to an aromatic ring is 1. The summed E-state index contributed by atoms with van der Waals surface area (Å²) < 4.78 is 10.3. The molecule has 0 spiro atoms. The highest BCUT2D eigenvalue weighted by Gasteiger charge is 2.15. The topological polar surface area (TPSA) is 77.5 Å². The fraction of sp³-hybridized carbons (Fsp3) is 0.214. The Hall–Kier alpha value is -2.43. The van der Waals surface area contributed by atoms with Crippen LogP contribution in [0.1, 0.15) is 16.1 Å². The van der Waals surface area contributed by atoms with Crippen molar-refractivity contribution < 1.29 is 13.9 Å². The first kappa shape index (κ1) is 13.0. The molecule has 0 aliphatic heterocycles. The number of hydrogen-bond donors (Lipinski definition) is 2. The zero-order valence-corrected chi connectivity index (χ0v) is 10.7. The number of carbonyl (C=O) groups is 1. The van der Waals surface area contributed by atoms with E-state index in [-0.39, 0.29) is 5.91 Å². The number of furan rings is 1. The van der Waals surface area contributed by atoms with Gasteiger partial charge in [-0.25, -0.2) is 0 Å². The third kappa shape index (κ3) is 3.07.